The maximum absolute atomic E-state index is 5.38. The highest BCUT2D eigenvalue weighted by atomic mass is 16.5. The van der Waals surface area contributed by atoms with E-state index in [-0.39, 0.29) is 5.41 Å². The summed E-state index contributed by atoms with van der Waals surface area (Å²) in [6.45, 7) is 13.6. The Balaban J connectivity index is 1.42. The average Bonchev–Trinajstić information content (AvgIpc) is 3.13. The molecule has 0 spiro atoms. The van der Waals surface area contributed by atoms with Crippen LogP contribution >= 0.6 is 0 Å². The highest BCUT2D eigenvalue weighted by Gasteiger charge is 2.17. The number of rotatable bonds is 7. The molecule has 3 rings (SSSR count). The van der Waals surface area contributed by atoms with Gasteiger partial charge in [-0.05, 0) is 36.7 Å². The smallest absolute Gasteiger partial charge is 0.0682 e. The van der Waals surface area contributed by atoms with Gasteiger partial charge in [0, 0.05) is 37.8 Å². The predicted octanol–water partition coefficient (Wildman–Crippen LogP) is 2.63. The normalized spacial score (nSPS) is 16.1. The minimum atomic E-state index is 0.0814. The number of nitrogens with zero attached hydrogens (tertiary/aromatic N) is 3. The summed E-state index contributed by atoms with van der Waals surface area (Å²) in [6.07, 6.45) is 3.10. The summed E-state index contributed by atoms with van der Waals surface area (Å²) < 4.78 is 7.34. The van der Waals surface area contributed by atoms with Crippen LogP contribution in [0.4, 0.5) is 0 Å². The highest BCUT2D eigenvalue weighted by molar-refractivity contribution is 5.34. The van der Waals surface area contributed by atoms with Crippen LogP contribution in [0.15, 0.2) is 36.5 Å². The van der Waals surface area contributed by atoms with Crippen molar-refractivity contribution in [3.05, 3.63) is 47.8 Å². The summed E-state index contributed by atoms with van der Waals surface area (Å²) in [4.78, 5) is 2.46. The van der Waals surface area contributed by atoms with Crippen LogP contribution in [0.25, 0.3) is 5.69 Å². The molecule has 0 unspecified atom stereocenters. The summed E-state index contributed by atoms with van der Waals surface area (Å²) in [5, 5.41) is 8.25. The lowest BCUT2D eigenvalue weighted by Gasteiger charge is -2.26. The summed E-state index contributed by atoms with van der Waals surface area (Å²) in [7, 11) is 0. The van der Waals surface area contributed by atoms with E-state index >= 15 is 0 Å². The van der Waals surface area contributed by atoms with Gasteiger partial charge in [0.15, 0.2) is 0 Å². The van der Waals surface area contributed by atoms with Crippen LogP contribution in [0.3, 0.4) is 0 Å². The predicted molar refractivity (Wildman–Crippen MR) is 106 cm³/mol. The van der Waals surface area contributed by atoms with E-state index in [1.165, 1.54) is 5.56 Å². The van der Waals surface area contributed by atoms with E-state index in [1.54, 1.807) is 0 Å². The molecule has 142 valence electrons. The van der Waals surface area contributed by atoms with Gasteiger partial charge in [0.1, 0.15) is 0 Å². The van der Waals surface area contributed by atoms with Crippen molar-refractivity contribution in [1.82, 2.24) is 20.0 Å². The van der Waals surface area contributed by atoms with Gasteiger partial charge in [0.05, 0.1) is 24.6 Å². The summed E-state index contributed by atoms with van der Waals surface area (Å²) >= 11 is 0. The molecule has 1 aliphatic heterocycles. The van der Waals surface area contributed by atoms with Crippen molar-refractivity contribution in [2.24, 2.45) is 0 Å². The Morgan fingerprint density at radius 3 is 2.42 bits per heavy atom. The molecule has 5 nitrogen and oxygen atoms in total. The van der Waals surface area contributed by atoms with Crippen molar-refractivity contribution >= 4 is 0 Å². The maximum Gasteiger partial charge on any atom is 0.0682 e. The van der Waals surface area contributed by atoms with Gasteiger partial charge in [-0.15, -0.1) is 0 Å². The molecule has 2 aromatic rings. The second-order valence-corrected chi connectivity index (χ2v) is 8.02. The SMILES string of the molecule is CC(C)(C)c1ccn(-c2ccc(CCNCCN3CCOCC3)cc2)n1. The molecule has 0 radical (unpaired) electrons. The van der Waals surface area contributed by atoms with Crippen LogP contribution in [0, 0.1) is 0 Å². The topological polar surface area (TPSA) is 42.3 Å². The van der Waals surface area contributed by atoms with Gasteiger partial charge >= 0.3 is 0 Å². The van der Waals surface area contributed by atoms with Gasteiger partial charge in [-0.3, -0.25) is 4.90 Å². The number of benzene rings is 1. The lowest BCUT2D eigenvalue weighted by atomic mass is 9.93. The number of hydrogen-bond acceptors (Lipinski definition) is 4. The van der Waals surface area contributed by atoms with Crippen LogP contribution in [0.2, 0.25) is 0 Å². The Morgan fingerprint density at radius 2 is 1.77 bits per heavy atom. The molecule has 0 aliphatic carbocycles. The Labute approximate surface area is 157 Å². The Bertz CT molecular complexity index is 666. The van der Waals surface area contributed by atoms with E-state index in [2.05, 4.69) is 61.3 Å². The molecule has 26 heavy (non-hydrogen) atoms. The first-order valence-electron chi connectivity index (χ1n) is 9.69. The van der Waals surface area contributed by atoms with Crippen LogP contribution in [-0.2, 0) is 16.6 Å². The van der Waals surface area contributed by atoms with E-state index < -0.39 is 0 Å². The lowest BCUT2D eigenvalue weighted by Crippen LogP contribution is -2.40. The van der Waals surface area contributed by atoms with Gasteiger partial charge < -0.3 is 10.1 Å². The van der Waals surface area contributed by atoms with Crippen molar-refractivity contribution in [3.63, 3.8) is 0 Å². The zero-order valence-electron chi connectivity index (χ0n) is 16.4. The molecule has 2 heterocycles. The van der Waals surface area contributed by atoms with Crippen LogP contribution in [0.5, 0.6) is 0 Å². The van der Waals surface area contributed by atoms with Crippen molar-refractivity contribution in [1.29, 1.82) is 0 Å². The van der Waals surface area contributed by atoms with Crippen molar-refractivity contribution in [2.75, 3.05) is 45.9 Å². The van der Waals surface area contributed by atoms with Crippen molar-refractivity contribution in [2.45, 2.75) is 32.6 Å². The van der Waals surface area contributed by atoms with Gasteiger partial charge in [-0.1, -0.05) is 32.9 Å². The van der Waals surface area contributed by atoms with E-state index in [4.69, 9.17) is 9.84 Å². The second kappa shape index (κ2) is 8.80. The first kappa shape index (κ1) is 19.1. The quantitative estimate of drug-likeness (QED) is 0.775. The minimum absolute atomic E-state index is 0.0814. The summed E-state index contributed by atoms with van der Waals surface area (Å²) in [5.74, 6) is 0. The molecular weight excluding hydrogens is 324 g/mol. The zero-order chi connectivity index (χ0) is 18.4. The Morgan fingerprint density at radius 1 is 1.04 bits per heavy atom. The molecule has 0 saturated carbocycles. The number of aromatic nitrogens is 2. The monoisotopic (exact) mass is 356 g/mol. The molecule has 1 aliphatic rings. The van der Waals surface area contributed by atoms with Crippen molar-refractivity contribution in [3.8, 4) is 5.69 Å². The van der Waals surface area contributed by atoms with E-state index in [9.17, 15) is 0 Å². The van der Waals surface area contributed by atoms with E-state index in [1.807, 2.05) is 10.9 Å². The standard InChI is InChI=1S/C21H32N4O/c1-21(2,3)20-9-12-25(23-20)19-6-4-18(5-7-19)8-10-22-11-13-24-14-16-26-17-15-24/h4-7,9,12,22H,8,10-11,13-17H2,1-3H3. The average molecular weight is 357 g/mol. The van der Waals surface area contributed by atoms with Gasteiger partial charge in [-0.25, -0.2) is 4.68 Å². The number of hydrogen-bond donors (Lipinski definition) is 1. The van der Waals surface area contributed by atoms with Crippen LogP contribution < -0.4 is 5.32 Å². The van der Waals surface area contributed by atoms with Crippen LogP contribution in [0.1, 0.15) is 32.0 Å². The summed E-state index contributed by atoms with van der Waals surface area (Å²) in [5.41, 5.74) is 3.67. The Kier molecular flexibility index (Phi) is 6.46. The van der Waals surface area contributed by atoms with Crippen molar-refractivity contribution < 1.29 is 4.74 Å². The molecule has 1 N–H and O–H groups in total. The second-order valence-electron chi connectivity index (χ2n) is 8.02. The molecule has 1 aromatic heterocycles. The maximum atomic E-state index is 5.38. The molecule has 1 fully saturated rings. The largest absolute Gasteiger partial charge is 0.379 e. The molecule has 5 heteroatoms. The molecule has 0 amide bonds. The highest BCUT2D eigenvalue weighted by Crippen LogP contribution is 2.21. The third-order valence-electron chi connectivity index (χ3n) is 4.86. The third kappa shape index (κ3) is 5.40. The summed E-state index contributed by atoms with van der Waals surface area (Å²) in [6, 6.07) is 10.8. The molecule has 0 bridgehead atoms. The fourth-order valence-electron chi connectivity index (χ4n) is 3.10. The fraction of sp³-hybridized carbons (Fsp3) is 0.571. The molecule has 1 saturated heterocycles. The molecular formula is C21H32N4O. The number of morpholine rings is 1. The molecule has 0 atom stereocenters. The van der Waals surface area contributed by atoms with E-state index in [0.29, 0.717) is 0 Å². The first-order chi connectivity index (χ1) is 12.5. The Hall–Kier alpha value is -1.69. The number of nitrogens with one attached hydrogen (secondary N) is 1. The van der Waals surface area contributed by atoms with Gasteiger partial charge in [0.25, 0.3) is 0 Å². The first-order valence-corrected chi connectivity index (χ1v) is 9.69. The van der Waals surface area contributed by atoms with E-state index in [0.717, 1.165) is 63.7 Å². The number of ether oxygens (including phenoxy) is 1. The zero-order valence-corrected chi connectivity index (χ0v) is 16.4. The van der Waals surface area contributed by atoms with Gasteiger partial charge in [0.2, 0.25) is 0 Å². The third-order valence-corrected chi connectivity index (χ3v) is 4.86. The van der Waals surface area contributed by atoms with Crippen LogP contribution in [-0.4, -0.2) is 60.6 Å². The minimum Gasteiger partial charge on any atom is -0.379 e. The van der Waals surface area contributed by atoms with Gasteiger partial charge in [-0.2, -0.15) is 5.10 Å². The molecule has 1 aromatic carbocycles. The lowest BCUT2D eigenvalue weighted by molar-refractivity contribution is 0.0385. The fourth-order valence-corrected chi connectivity index (χ4v) is 3.10.